The van der Waals surface area contributed by atoms with Crippen LogP contribution in [0, 0.1) is 5.92 Å². The van der Waals surface area contributed by atoms with Crippen molar-refractivity contribution in [2.24, 2.45) is 5.92 Å². The molecule has 0 radical (unpaired) electrons. The molecule has 0 bridgehead atoms. The van der Waals surface area contributed by atoms with Crippen molar-refractivity contribution < 1.29 is 9.47 Å². The molecule has 18 heavy (non-hydrogen) atoms. The normalized spacial score (nSPS) is 28.6. The van der Waals surface area contributed by atoms with Crippen LogP contribution in [0.15, 0.2) is 17.5 Å². The van der Waals surface area contributed by atoms with Gasteiger partial charge in [0, 0.05) is 23.9 Å². The molecule has 0 amide bonds. The van der Waals surface area contributed by atoms with Gasteiger partial charge in [0.1, 0.15) is 0 Å². The summed E-state index contributed by atoms with van der Waals surface area (Å²) in [5.74, 6) is 0.169. The molecule has 1 aromatic heterocycles. The first-order valence-corrected chi connectivity index (χ1v) is 7.67. The van der Waals surface area contributed by atoms with Crippen molar-refractivity contribution in [3.8, 4) is 0 Å². The highest BCUT2D eigenvalue weighted by Gasteiger charge is 2.41. The van der Waals surface area contributed by atoms with Gasteiger partial charge in [0.25, 0.3) is 0 Å². The van der Waals surface area contributed by atoms with E-state index < -0.39 is 0 Å². The van der Waals surface area contributed by atoms with Crippen molar-refractivity contribution in [2.75, 3.05) is 26.3 Å². The summed E-state index contributed by atoms with van der Waals surface area (Å²) in [5, 5.41) is 2.15. The molecule has 0 aromatic carbocycles. The van der Waals surface area contributed by atoms with E-state index in [0.717, 1.165) is 26.3 Å². The molecule has 1 atom stereocenters. The highest BCUT2D eigenvalue weighted by molar-refractivity contribution is 7.09. The van der Waals surface area contributed by atoms with E-state index in [0.29, 0.717) is 5.92 Å². The fourth-order valence-electron chi connectivity index (χ4n) is 3.02. The van der Waals surface area contributed by atoms with E-state index in [4.69, 9.17) is 9.47 Å². The fourth-order valence-corrected chi connectivity index (χ4v) is 3.76. The first-order valence-electron chi connectivity index (χ1n) is 6.79. The molecule has 3 rings (SSSR count). The van der Waals surface area contributed by atoms with E-state index in [1.807, 2.05) is 11.3 Å². The molecular weight excluding hydrogens is 246 g/mol. The van der Waals surface area contributed by atoms with Crippen LogP contribution in [0.25, 0.3) is 0 Å². The predicted octanol–water partition coefficient (Wildman–Crippen LogP) is 2.72. The van der Waals surface area contributed by atoms with Crippen LogP contribution in [0.2, 0.25) is 0 Å². The molecule has 3 heterocycles. The van der Waals surface area contributed by atoms with Crippen molar-refractivity contribution in [2.45, 2.75) is 32.1 Å². The Labute approximate surface area is 113 Å². The lowest BCUT2D eigenvalue weighted by atomic mass is 9.90. The first-order chi connectivity index (χ1) is 8.76. The molecule has 100 valence electrons. The van der Waals surface area contributed by atoms with E-state index in [2.05, 4.69) is 29.3 Å². The molecule has 0 saturated carbocycles. The third-order valence-corrected chi connectivity index (χ3v) is 4.93. The summed E-state index contributed by atoms with van der Waals surface area (Å²) in [5.41, 5.74) is 0. The minimum absolute atomic E-state index is 0.339. The Hall–Kier alpha value is -0.420. The predicted molar refractivity (Wildman–Crippen MR) is 72.6 cm³/mol. The molecule has 3 nitrogen and oxygen atoms in total. The van der Waals surface area contributed by atoms with E-state index in [9.17, 15) is 0 Å². The van der Waals surface area contributed by atoms with Crippen LogP contribution < -0.4 is 0 Å². The van der Waals surface area contributed by atoms with Gasteiger partial charge in [-0.1, -0.05) is 6.07 Å². The summed E-state index contributed by atoms with van der Waals surface area (Å²) >= 11 is 1.84. The molecular formula is C14H21NO2S. The van der Waals surface area contributed by atoms with Gasteiger partial charge in [-0.15, -0.1) is 11.3 Å². The standard InChI is InChI=1S/C14H21NO2S/c1-14(16-7-8-17-14)12-4-2-6-15(10-12)11-13-5-3-9-18-13/h3,5,9,12H,2,4,6-8,10-11H2,1H3/t12-/m0/s1. The number of hydrogen-bond acceptors (Lipinski definition) is 4. The summed E-state index contributed by atoms with van der Waals surface area (Å²) in [6.45, 7) is 6.97. The molecule has 2 fully saturated rings. The van der Waals surface area contributed by atoms with E-state index in [-0.39, 0.29) is 5.79 Å². The number of likely N-dealkylation sites (tertiary alicyclic amines) is 1. The maximum atomic E-state index is 5.82. The van der Waals surface area contributed by atoms with Crippen molar-refractivity contribution >= 4 is 11.3 Å². The molecule has 2 aliphatic rings. The van der Waals surface area contributed by atoms with Crippen molar-refractivity contribution in [3.05, 3.63) is 22.4 Å². The van der Waals surface area contributed by atoms with Crippen LogP contribution in [-0.4, -0.2) is 37.0 Å². The Morgan fingerprint density at radius 1 is 1.44 bits per heavy atom. The monoisotopic (exact) mass is 267 g/mol. The Balaban J connectivity index is 1.61. The van der Waals surface area contributed by atoms with Gasteiger partial charge < -0.3 is 9.47 Å². The third kappa shape index (κ3) is 2.62. The van der Waals surface area contributed by atoms with Crippen LogP contribution in [-0.2, 0) is 16.0 Å². The largest absolute Gasteiger partial charge is 0.347 e. The van der Waals surface area contributed by atoms with Gasteiger partial charge in [-0.3, -0.25) is 4.90 Å². The van der Waals surface area contributed by atoms with E-state index in [1.165, 1.54) is 24.3 Å². The zero-order valence-electron chi connectivity index (χ0n) is 10.9. The van der Waals surface area contributed by atoms with E-state index in [1.54, 1.807) is 0 Å². The second kappa shape index (κ2) is 5.29. The van der Waals surface area contributed by atoms with Crippen LogP contribution >= 0.6 is 11.3 Å². The highest BCUT2D eigenvalue weighted by atomic mass is 32.1. The summed E-state index contributed by atoms with van der Waals surface area (Å²) in [6, 6.07) is 4.35. The second-order valence-corrected chi connectivity index (χ2v) is 6.40. The van der Waals surface area contributed by atoms with Crippen molar-refractivity contribution in [3.63, 3.8) is 0 Å². The van der Waals surface area contributed by atoms with Gasteiger partial charge >= 0.3 is 0 Å². The maximum Gasteiger partial charge on any atom is 0.169 e. The number of hydrogen-bond donors (Lipinski definition) is 0. The van der Waals surface area contributed by atoms with Crippen LogP contribution in [0.5, 0.6) is 0 Å². The SMILES string of the molecule is CC1([C@H]2CCCN(Cc3cccs3)C2)OCCO1. The topological polar surface area (TPSA) is 21.7 Å². The lowest BCUT2D eigenvalue weighted by molar-refractivity contribution is -0.192. The smallest absolute Gasteiger partial charge is 0.169 e. The lowest BCUT2D eigenvalue weighted by Crippen LogP contribution is -2.46. The highest BCUT2D eigenvalue weighted by Crippen LogP contribution is 2.34. The van der Waals surface area contributed by atoms with Gasteiger partial charge in [-0.2, -0.15) is 0 Å². The lowest BCUT2D eigenvalue weighted by Gasteiger charge is -2.39. The Kier molecular flexibility index (Phi) is 3.71. The van der Waals surface area contributed by atoms with Crippen LogP contribution in [0.3, 0.4) is 0 Å². The minimum Gasteiger partial charge on any atom is -0.347 e. The average molecular weight is 267 g/mol. The zero-order chi connectivity index (χ0) is 12.4. The van der Waals surface area contributed by atoms with E-state index >= 15 is 0 Å². The van der Waals surface area contributed by atoms with Crippen molar-refractivity contribution in [1.82, 2.24) is 4.90 Å². The first kappa shape index (κ1) is 12.6. The van der Waals surface area contributed by atoms with Crippen LogP contribution in [0.4, 0.5) is 0 Å². The number of thiophene rings is 1. The molecule has 0 unspecified atom stereocenters. The minimum atomic E-state index is -0.339. The number of nitrogens with zero attached hydrogens (tertiary/aromatic N) is 1. The Morgan fingerprint density at radius 3 is 3.00 bits per heavy atom. The molecule has 4 heteroatoms. The number of ether oxygens (including phenoxy) is 2. The number of rotatable bonds is 3. The summed E-state index contributed by atoms with van der Waals surface area (Å²) < 4.78 is 11.6. The molecule has 1 aromatic rings. The zero-order valence-corrected chi connectivity index (χ0v) is 11.7. The van der Waals surface area contributed by atoms with Gasteiger partial charge in [0.05, 0.1) is 13.2 Å². The molecule has 0 aliphatic carbocycles. The second-order valence-electron chi connectivity index (χ2n) is 5.37. The summed E-state index contributed by atoms with van der Waals surface area (Å²) in [6.07, 6.45) is 2.47. The van der Waals surface area contributed by atoms with Gasteiger partial charge in [-0.25, -0.2) is 0 Å². The van der Waals surface area contributed by atoms with Crippen molar-refractivity contribution in [1.29, 1.82) is 0 Å². The average Bonchev–Trinajstić information content (AvgIpc) is 3.02. The van der Waals surface area contributed by atoms with Crippen LogP contribution in [0.1, 0.15) is 24.6 Å². The summed E-state index contributed by atoms with van der Waals surface area (Å²) in [4.78, 5) is 3.99. The molecule has 0 N–H and O–H groups in total. The molecule has 0 spiro atoms. The third-order valence-electron chi connectivity index (χ3n) is 4.07. The van der Waals surface area contributed by atoms with Gasteiger partial charge in [-0.05, 0) is 37.8 Å². The molecule has 2 aliphatic heterocycles. The Morgan fingerprint density at radius 2 is 2.28 bits per heavy atom. The Bertz CT molecular complexity index is 373. The quantitative estimate of drug-likeness (QED) is 0.840. The maximum absolute atomic E-state index is 5.82. The summed E-state index contributed by atoms with van der Waals surface area (Å²) in [7, 11) is 0. The number of piperidine rings is 1. The fraction of sp³-hybridized carbons (Fsp3) is 0.714. The van der Waals surface area contributed by atoms with Gasteiger partial charge in [0.15, 0.2) is 5.79 Å². The van der Waals surface area contributed by atoms with Gasteiger partial charge in [0.2, 0.25) is 0 Å². The molecule has 2 saturated heterocycles.